The van der Waals surface area contributed by atoms with E-state index in [1.54, 1.807) is 12.1 Å². The highest BCUT2D eigenvalue weighted by Crippen LogP contribution is 2.26. The zero-order valence-electron chi connectivity index (χ0n) is 10.9. The second-order valence-electron chi connectivity index (χ2n) is 4.57. The molecule has 3 nitrogen and oxygen atoms in total. The van der Waals surface area contributed by atoms with E-state index in [0.29, 0.717) is 5.56 Å². The van der Waals surface area contributed by atoms with Gasteiger partial charge in [0.1, 0.15) is 5.75 Å². The Bertz CT molecular complexity index is 394. The van der Waals surface area contributed by atoms with Crippen molar-refractivity contribution in [1.29, 1.82) is 0 Å². The van der Waals surface area contributed by atoms with Crippen LogP contribution in [0.1, 0.15) is 19.4 Å². The topological polar surface area (TPSA) is 41.5 Å². The molecule has 1 aromatic rings. The first-order chi connectivity index (χ1) is 8.83. The number of hydrogen-bond donors (Lipinski definition) is 2. The lowest BCUT2D eigenvalue weighted by molar-refractivity contribution is -0.274. The summed E-state index contributed by atoms with van der Waals surface area (Å²) in [6, 6.07) is 5.79. The monoisotopic (exact) mass is 277 g/mol. The molecule has 1 aromatic carbocycles. The van der Waals surface area contributed by atoms with Crippen LogP contribution < -0.4 is 10.1 Å². The molecular formula is C13H18F3NO2. The molecule has 0 bridgehead atoms. The number of ether oxygens (including phenoxy) is 1. The van der Waals surface area contributed by atoms with Crippen molar-refractivity contribution in [3.8, 4) is 5.75 Å². The van der Waals surface area contributed by atoms with Crippen LogP contribution in [0.15, 0.2) is 24.3 Å². The van der Waals surface area contributed by atoms with Crippen molar-refractivity contribution in [3.05, 3.63) is 29.8 Å². The fourth-order valence-electron chi connectivity index (χ4n) is 1.63. The first kappa shape index (κ1) is 15.8. The summed E-state index contributed by atoms with van der Waals surface area (Å²) in [5.41, 5.74) is 0.402. The summed E-state index contributed by atoms with van der Waals surface area (Å²) in [4.78, 5) is 0. The summed E-state index contributed by atoms with van der Waals surface area (Å²) in [5, 5.41) is 12.2. The molecule has 0 unspecified atom stereocenters. The minimum Gasteiger partial charge on any atom is -0.405 e. The third-order valence-electron chi connectivity index (χ3n) is 2.75. The third-order valence-corrected chi connectivity index (χ3v) is 2.75. The average molecular weight is 277 g/mol. The Labute approximate surface area is 110 Å². The van der Waals surface area contributed by atoms with Crippen molar-refractivity contribution in [2.45, 2.75) is 32.8 Å². The lowest BCUT2D eigenvalue weighted by Gasteiger charge is -2.21. The van der Waals surface area contributed by atoms with Crippen molar-refractivity contribution in [3.63, 3.8) is 0 Å². The number of rotatable bonds is 6. The number of alkyl halides is 3. The molecule has 19 heavy (non-hydrogen) atoms. The number of benzene rings is 1. The van der Waals surface area contributed by atoms with Crippen LogP contribution in [0.3, 0.4) is 0 Å². The van der Waals surface area contributed by atoms with Gasteiger partial charge in [-0.15, -0.1) is 13.2 Å². The number of para-hydroxylation sites is 1. The van der Waals surface area contributed by atoms with Crippen LogP contribution >= 0.6 is 0 Å². The summed E-state index contributed by atoms with van der Waals surface area (Å²) in [5.74, 6) is -0.0383. The predicted molar refractivity (Wildman–Crippen MR) is 65.7 cm³/mol. The molecule has 0 saturated carbocycles. The van der Waals surface area contributed by atoms with Gasteiger partial charge < -0.3 is 15.2 Å². The fraction of sp³-hybridized carbons (Fsp3) is 0.538. The van der Waals surface area contributed by atoms with Crippen molar-refractivity contribution in [1.82, 2.24) is 5.32 Å². The van der Waals surface area contributed by atoms with Crippen LogP contribution in [0.25, 0.3) is 0 Å². The molecule has 6 heteroatoms. The Kier molecular flexibility index (Phi) is 5.62. The standard InChI is InChI=1S/C13H18F3NO2/c1-9(2)11(8-18)17-7-10-5-3-4-6-12(10)19-13(14,15)16/h3-6,9,11,17-18H,7-8H2,1-2H3/t11-/m1/s1. The van der Waals surface area contributed by atoms with Gasteiger partial charge in [0.2, 0.25) is 0 Å². The summed E-state index contributed by atoms with van der Waals surface area (Å²) in [6.45, 7) is 3.98. The SMILES string of the molecule is CC(C)[C@@H](CO)NCc1ccccc1OC(F)(F)F. The first-order valence-corrected chi connectivity index (χ1v) is 6.01. The number of aliphatic hydroxyl groups excluding tert-OH is 1. The van der Waals surface area contributed by atoms with Gasteiger partial charge in [-0.3, -0.25) is 0 Å². The van der Waals surface area contributed by atoms with Gasteiger partial charge >= 0.3 is 6.36 Å². The van der Waals surface area contributed by atoms with Crippen molar-refractivity contribution in [2.75, 3.05) is 6.61 Å². The van der Waals surface area contributed by atoms with Crippen molar-refractivity contribution in [2.24, 2.45) is 5.92 Å². The molecule has 0 radical (unpaired) electrons. The molecule has 108 valence electrons. The Morgan fingerprint density at radius 1 is 1.26 bits per heavy atom. The molecule has 0 aliphatic rings. The molecular weight excluding hydrogens is 259 g/mol. The van der Waals surface area contributed by atoms with Gasteiger partial charge in [-0.25, -0.2) is 0 Å². The van der Waals surface area contributed by atoms with Crippen LogP contribution in [0.5, 0.6) is 5.75 Å². The molecule has 0 heterocycles. The zero-order valence-corrected chi connectivity index (χ0v) is 10.9. The van der Waals surface area contributed by atoms with E-state index in [1.807, 2.05) is 13.8 Å². The summed E-state index contributed by atoms with van der Waals surface area (Å²) < 4.78 is 40.7. The Hall–Kier alpha value is -1.27. The molecule has 0 amide bonds. The summed E-state index contributed by atoms with van der Waals surface area (Å²) in [6.07, 6.45) is -4.70. The second kappa shape index (κ2) is 6.77. The number of hydrogen-bond acceptors (Lipinski definition) is 3. The molecule has 0 spiro atoms. The Morgan fingerprint density at radius 3 is 2.42 bits per heavy atom. The number of nitrogens with one attached hydrogen (secondary N) is 1. The van der Waals surface area contributed by atoms with Gasteiger partial charge in [0, 0.05) is 18.2 Å². The molecule has 0 saturated heterocycles. The van der Waals surface area contributed by atoms with Crippen molar-refractivity contribution < 1.29 is 23.0 Å². The lowest BCUT2D eigenvalue weighted by Crippen LogP contribution is -2.36. The van der Waals surface area contributed by atoms with Crippen molar-refractivity contribution >= 4 is 0 Å². The molecule has 1 rings (SSSR count). The van der Waals surface area contributed by atoms with E-state index in [2.05, 4.69) is 10.1 Å². The van der Waals surface area contributed by atoms with Crippen LogP contribution in [-0.2, 0) is 6.54 Å². The van der Waals surface area contributed by atoms with Gasteiger partial charge in [-0.2, -0.15) is 0 Å². The van der Waals surface area contributed by atoms with E-state index < -0.39 is 6.36 Å². The highest BCUT2D eigenvalue weighted by Gasteiger charge is 2.32. The van der Waals surface area contributed by atoms with E-state index in [0.717, 1.165) is 0 Å². The molecule has 2 N–H and O–H groups in total. The third kappa shape index (κ3) is 5.48. The fourth-order valence-corrected chi connectivity index (χ4v) is 1.63. The predicted octanol–water partition coefficient (Wildman–Crippen LogP) is 2.69. The summed E-state index contributed by atoms with van der Waals surface area (Å²) >= 11 is 0. The minimum atomic E-state index is -4.70. The highest BCUT2D eigenvalue weighted by atomic mass is 19.4. The average Bonchev–Trinajstić information content (AvgIpc) is 2.29. The minimum absolute atomic E-state index is 0.0695. The maximum atomic E-state index is 12.2. The molecule has 0 aliphatic carbocycles. The zero-order chi connectivity index (χ0) is 14.5. The van der Waals surface area contributed by atoms with Crippen LogP contribution in [0, 0.1) is 5.92 Å². The number of aliphatic hydroxyl groups is 1. The molecule has 0 aliphatic heterocycles. The maximum Gasteiger partial charge on any atom is 0.573 e. The van der Waals surface area contributed by atoms with Gasteiger partial charge in [-0.05, 0) is 12.0 Å². The van der Waals surface area contributed by atoms with Gasteiger partial charge in [0.05, 0.1) is 6.61 Å². The van der Waals surface area contributed by atoms with Gasteiger partial charge in [0.25, 0.3) is 0 Å². The normalized spacial score (nSPS) is 13.6. The van der Waals surface area contributed by atoms with E-state index in [1.165, 1.54) is 12.1 Å². The van der Waals surface area contributed by atoms with E-state index >= 15 is 0 Å². The lowest BCUT2D eigenvalue weighted by atomic mass is 10.0. The second-order valence-corrected chi connectivity index (χ2v) is 4.57. The Morgan fingerprint density at radius 2 is 1.89 bits per heavy atom. The maximum absolute atomic E-state index is 12.2. The Balaban J connectivity index is 2.73. The van der Waals surface area contributed by atoms with E-state index in [4.69, 9.17) is 5.11 Å². The van der Waals surface area contributed by atoms with Crippen LogP contribution in [0.4, 0.5) is 13.2 Å². The van der Waals surface area contributed by atoms with E-state index in [-0.39, 0.29) is 30.9 Å². The molecule has 1 atom stereocenters. The van der Waals surface area contributed by atoms with Crippen LogP contribution in [0.2, 0.25) is 0 Å². The molecule has 0 fully saturated rings. The van der Waals surface area contributed by atoms with E-state index in [9.17, 15) is 13.2 Å². The summed E-state index contributed by atoms with van der Waals surface area (Å²) in [7, 11) is 0. The van der Waals surface area contributed by atoms with Crippen LogP contribution in [-0.4, -0.2) is 24.1 Å². The first-order valence-electron chi connectivity index (χ1n) is 6.01. The van der Waals surface area contributed by atoms with Gasteiger partial charge in [0.15, 0.2) is 0 Å². The number of halogens is 3. The smallest absolute Gasteiger partial charge is 0.405 e. The van der Waals surface area contributed by atoms with Gasteiger partial charge in [-0.1, -0.05) is 32.0 Å². The molecule has 0 aromatic heterocycles. The largest absolute Gasteiger partial charge is 0.573 e. The quantitative estimate of drug-likeness (QED) is 0.840. The highest BCUT2D eigenvalue weighted by molar-refractivity contribution is 5.33.